The number of carbonyl (C=O) groups is 1. The lowest BCUT2D eigenvalue weighted by atomic mass is 9.94. The molecule has 1 aromatic heterocycles. The number of nitrogen functional groups attached to an aromatic ring is 1. The number of pyridine rings is 1. The van der Waals surface area contributed by atoms with E-state index in [1.54, 1.807) is 18.3 Å². The first kappa shape index (κ1) is 18.2. The van der Waals surface area contributed by atoms with Crippen LogP contribution in [0.2, 0.25) is 0 Å². The number of fused-ring (bicyclic) bond motifs is 2. The van der Waals surface area contributed by atoms with Crippen LogP contribution < -0.4 is 21.1 Å². The van der Waals surface area contributed by atoms with E-state index in [0.717, 1.165) is 17.5 Å². The Morgan fingerprint density at radius 2 is 1.97 bits per heavy atom. The minimum absolute atomic E-state index is 0.0740. The molecule has 0 saturated carbocycles. The second-order valence-electron chi connectivity index (χ2n) is 7.38. The van der Waals surface area contributed by atoms with Gasteiger partial charge in [-0.3, -0.25) is 4.79 Å². The highest BCUT2D eigenvalue weighted by Gasteiger charge is 2.20. The van der Waals surface area contributed by atoms with Gasteiger partial charge >= 0.3 is 0 Å². The minimum atomic E-state index is -0.414. The molecule has 0 atom stereocenters. The van der Waals surface area contributed by atoms with Crippen LogP contribution in [0.15, 0.2) is 54.9 Å². The van der Waals surface area contributed by atoms with Crippen molar-refractivity contribution in [2.24, 2.45) is 0 Å². The predicted molar refractivity (Wildman–Crippen MR) is 114 cm³/mol. The van der Waals surface area contributed by atoms with Crippen LogP contribution in [0.3, 0.4) is 0 Å². The zero-order valence-corrected chi connectivity index (χ0v) is 16.1. The number of ether oxygens (including phenoxy) is 1. The second-order valence-corrected chi connectivity index (χ2v) is 7.38. The Kier molecular flexibility index (Phi) is 4.17. The third-order valence-electron chi connectivity index (χ3n) is 5.35. The molecule has 5 rings (SSSR count). The highest BCUT2D eigenvalue weighted by Crippen LogP contribution is 2.38. The van der Waals surface area contributed by atoms with E-state index in [1.807, 2.05) is 18.2 Å². The van der Waals surface area contributed by atoms with Crippen LogP contribution in [0.5, 0.6) is 5.75 Å². The van der Waals surface area contributed by atoms with Gasteiger partial charge in [0.05, 0.1) is 5.69 Å². The van der Waals surface area contributed by atoms with Crippen LogP contribution in [0.25, 0.3) is 22.3 Å². The summed E-state index contributed by atoms with van der Waals surface area (Å²) in [7, 11) is 0. The van der Waals surface area contributed by atoms with E-state index in [1.165, 1.54) is 6.07 Å². The Hall–Kier alpha value is -3.87. The molecule has 2 aliphatic rings. The maximum atomic E-state index is 14.8. The van der Waals surface area contributed by atoms with Crippen molar-refractivity contribution in [1.82, 2.24) is 10.3 Å². The summed E-state index contributed by atoms with van der Waals surface area (Å²) in [5.41, 5.74) is 11.6. The first-order valence-corrected chi connectivity index (χ1v) is 9.58. The normalized spacial score (nSPS) is 14.8. The quantitative estimate of drug-likeness (QED) is 0.608. The van der Waals surface area contributed by atoms with Crippen molar-refractivity contribution in [2.75, 3.05) is 24.2 Å². The van der Waals surface area contributed by atoms with Crippen molar-refractivity contribution in [3.05, 3.63) is 71.8 Å². The molecule has 2 aromatic carbocycles. The third-order valence-corrected chi connectivity index (χ3v) is 5.35. The molecule has 0 saturated heterocycles. The lowest BCUT2D eigenvalue weighted by molar-refractivity contribution is 0.0946. The summed E-state index contributed by atoms with van der Waals surface area (Å²) >= 11 is 0. The number of rotatable bonds is 2. The molecule has 3 heterocycles. The lowest BCUT2D eigenvalue weighted by Gasteiger charge is -2.22. The van der Waals surface area contributed by atoms with Crippen LogP contribution in [0.1, 0.15) is 15.9 Å². The third kappa shape index (κ3) is 3.04. The molecular weight excluding hydrogens is 383 g/mol. The van der Waals surface area contributed by atoms with Gasteiger partial charge in [-0.1, -0.05) is 18.7 Å². The Balaban J connectivity index is 1.59. The average Bonchev–Trinajstić information content (AvgIpc) is 2.74. The number of anilines is 2. The summed E-state index contributed by atoms with van der Waals surface area (Å²) in [4.78, 5) is 16.3. The van der Waals surface area contributed by atoms with Crippen LogP contribution >= 0.6 is 0 Å². The molecule has 6 nitrogen and oxygen atoms in total. The van der Waals surface area contributed by atoms with Gasteiger partial charge in [-0.05, 0) is 35.7 Å². The van der Waals surface area contributed by atoms with Crippen LogP contribution in [0.4, 0.5) is 15.9 Å². The van der Waals surface area contributed by atoms with Crippen molar-refractivity contribution in [2.45, 2.75) is 6.42 Å². The largest absolute Gasteiger partial charge is 0.485 e. The number of carbonyl (C=O) groups excluding carboxylic acids is 1. The van der Waals surface area contributed by atoms with Crippen molar-refractivity contribution in [1.29, 1.82) is 0 Å². The molecule has 7 heteroatoms. The monoisotopic (exact) mass is 402 g/mol. The van der Waals surface area contributed by atoms with E-state index in [9.17, 15) is 9.18 Å². The number of nitrogens with two attached hydrogens (primary N) is 1. The summed E-state index contributed by atoms with van der Waals surface area (Å²) in [6, 6.07) is 10.4. The zero-order chi connectivity index (χ0) is 20.8. The fourth-order valence-electron chi connectivity index (χ4n) is 3.83. The smallest absolute Gasteiger partial charge is 0.251 e. The molecule has 30 heavy (non-hydrogen) atoms. The fourth-order valence-corrected chi connectivity index (χ4v) is 3.83. The number of amides is 1. The maximum Gasteiger partial charge on any atom is 0.251 e. The van der Waals surface area contributed by atoms with Crippen LogP contribution in [-0.4, -0.2) is 24.0 Å². The fraction of sp³-hybridized carbons (Fsp3) is 0.130. The summed E-state index contributed by atoms with van der Waals surface area (Å²) in [6.07, 6.45) is 2.30. The summed E-state index contributed by atoms with van der Waals surface area (Å²) in [5, 5.41) is 5.96. The molecule has 2 aliphatic heterocycles. The summed E-state index contributed by atoms with van der Waals surface area (Å²) in [5.74, 6) is 0.296. The molecule has 0 aliphatic carbocycles. The molecule has 0 radical (unpaired) electrons. The standard InChI is InChI=1S/C23H19FN4O2/c1-12-11-30-21-9-19(24)17(8-20(21)28-12)15-7-18(22(25)27-10-15)13-2-3-16-14(6-13)4-5-26-23(16)29/h2-3,6-10,28H,1,4-5,11H2,(H2,25,27)(H,26,29). The summed E-state index contributed by atoms with van der Waals surface area (Å²) < 4.78 is 20.3. The first-order valence-electron chi connectivity index (χ1n) is 9.58. The van der Waals surface area contributed by atoms with Gasteiger partial charge in [0, 0.05) is 46.8 Å². The zero-order valence-electron chi connectivity index (χ0n) is 16.1. The highest BCUT2D eigenvalue weighted by atomic mass is 19.1. The molecule has 4 N–H and O–H groups in total. The van der Waals surface area contributed by atoms with Crippen molar-refractivity contribution >= 4 is 17.4 Å². The molecule has 0 spiro atoms. The second kappa shape index (κ2) is 6.88. The van der Waals surface area contributed by atoms with Crippen LogP contribution in [0, 0.1) is 5.82 Å². The van der Waals surface area contributed by atoms with E-state index in [0.29, 0.717) is 58.4 Å². The van der Waals surface area contributed by atoms with Crippen molar-refractivity contribution in [3.8, 4) is 28.0 Å². The molecule has 0 unspecified atom stereocenters. The highest BCUT2D eigenvalue weighted by molar-refractivity contribution is 5.97. The molecule has 150 valence electrons. The number of aromatic nitrogens is 1. The number of nitrogens with one attached hydrogen (secondary N) is 2. The Morgan fingerprint density at radius 3 is 2.83 bits per heavy atom. The van der Waals surface area contributed by atoms with Gasteiger partial charge in [0.1, 0.15) is 24.0 Å². The van der Waals surface area contributed by atoms with Crippen LogP contribution in [-0.2, 0) is 6.42 Å². The molecule has 1 amide bonds. The molecule has 3 aromatic rings. The van der Waals surface area contributed by atoms with Gasteiger partial charge in [-0.25, -0.2) is 9.37 Å². The van der Waals surface area contributed by atoms with Crippen molar-refractivity contribution < 1.29 is 13.9 Å². The van der Waals surface area contributed by atoms with Gasteiger partial charge in [-0.15, -0.1) is 0 Å². The number of hydrogen-bond acceptors (Lipinski definition) is 5. The SMILES string of the molecule is C=C1COc2cc(F)c(-c3cnc(N)c(-c4ccc5c(c4)CCNC5=O)c3)cc2N1. The minimum Gasteiger partial charge on any atom is -0.485 e. The predicted octanol–water partition coefficient (Wildman–Crippen LogP) is 3.74. The van der Waals surface area contributed by atoms with Crippen molar-refractivity contribution in [3.63, 3.8) is 0 Å². The van der Waals surface area contributed by atoms with E-state index in [-0.39, 0.29) is 5.91 Å². The maximum absolute atomic E-state index is 14.8. The first-order chi connectivity index (χ1) is 14.5. The van der Waals surface area contributed by atoms with E-state index in [2.05, 4.69) is 22.2 Å². The number of nitrogens with zero attached hydrogens (tertiary/aromatic N) is 1. The Labute approximate surface area is 172 Å². The number of hydrogen-bond donors (Lipinski definition) is 3. The molecule has 0 bridgehead atoms. The van der Waals surface area contributed by atoms with E-state index >= 15 is 0 Å². The lowest BCUT2D eigenvalue weighted by Crippen LogP contribution is -2.31. The average molecular weight is 402 g/mol. The van der Waals surface area contributed by atoms with Gasteiger partial charge in [0.25, 0.3) is 5.91 Å². The number of halogens is 1. The summed E-state index contributed by atoms with van der Waals surface area (Å²) in [6.45, 7) is 4.76. The van der Waals surface area contributed by atoms with Gasteiger partial charge in [-0.2, -0.15) is 0 Å². The number of benzene rings is 2. The van der Waals surface area contributed by atoms with Gasteiger partial charge < -0.3 is 21.1 Å². The molecule has 0 fully saturated rings. The van der Waals surface area contributed by atoms with Gasteiger partial charge in [0.15, 0.2) is 0 Å². The Bertz CT molecular complexity index is 1220. The molecular formula is C23H19FN4O2. The van der Waals surface area contributed by atoms with Gasteiger partial charge in [0.2, 0.25) is 0 Å². The van der Waals surface area contributed by atoms with E-state index in [4.69, 9.17) is 10.5 Å². The topological polar surface area (TPSA) is 89.3 Å². The Morgan fingerprint density at radius 1 is 1.10 bits per heavy atom. The van der Waals surface area contributed by atoms with E-state index < -0.39 is 5.82 Å².